The maximum absolute atomic E-state index is 13.3. The highest BCUT2D eigenvalue weighted by molar-refractivity contribution is 7.88. The number of aromatic nitrogens is 4. The largest absolute Gasteiger partial charge is 0.388 e. The van der Waals surface area contributed by atoms with Crippen molar-refractivity contribution >= 4 is 32.7 Å². The quantitative estimate of drug-likeness (QED) is 0.230. The molecule has 13 nitrogen and oxygen atoms in total. The number of benzene rings is 1. The SMILES string of the molecule is C=C[S@@](=O)c1cccc(Cn2ccc(C(=O)c3cncnc3N[C@@H]3C[C@@H](OS(=O)(=O)NC)[C@H](O)[C@H]3O)n2)c1. The molecule has 2 heterocycles. The van der Waals surface area contributed by atoms with Crippen LogP contribution in [0.2, 0.25) is 0 Å². The Hall–Kier alpha value is -3.34. The van der Waals surface area contributed by atoms with E-state index in [9.17, 15) is 27.6 Å². The van der Waals surface area contributed by atoms with Crippen LogP contribution < -0.4 is 10.0 Å². The Kier molecular flexibility index (Phi) is 8.44. The number of carbonyl (C=O) groups is 1. The molecule has 0 saturated heterocycles. The number of rotatable bonds is 11. The molecule has 0 amide bonds. The first-order valence-corrected chi connectivity index (χ1v) is 14.0. The van der Waals surface area contributed by atoms with Crippen molar-refractivity contribution in [3.63, 3.8) is 0 Å². The maximum atomic E-state index is 13.3. The minimum atomic E-state index is -4.10. The summed E-state index contributed by atoms with van der Waals surface area (Å²) in [5, 5.41) is 29.3. The molecule has 4 rings (SSSR count). The van der Waals surface area contributed by atoms with Crippen LogP contribution in [0.15, 0.2) is 65.9 Å². The molecule has 4 N–H and O–H groups in total. The van der Waals surface area contributed by atoms with Crippen LogP contribution in [-0.2, 0) is 31.8 Å². The summed E-state index contributed by atoms with van der Waals surface area (Å²) < 4.78 is 43.9. The molecule has 0 radical (unpaired) electrons. The molecule has 1 saturated carbocycles. The molecule has 2 aromatic heterocycles. The van der Waals surface area contributed by atoms with E-state index in [2.05, 4.69) is 27.0 Å². The first kappa shape index (κ1) is 27.7. The highest BCUT2D eigenvalue weighted by Gasteiger charge is 2.44. The molecule has 1 fully saturated rings. The molecule has 1 aromatic carbocycles. The van der Waals surface area contributed by atoms with E-state index in [0.717, 1.165) is 12.6 Å². The Bertz CT molecular complexity index is 1460. The van der Waals surface area contributed by atoms with Crippen molar-refractivity contribution in [2.45, 2.75) is 42.2 Å². The second kappa shape index (κ2) is 11.6. The number of aliphatic hydroxyl groups is 2. The number of hydrogen-bond donors (Lipinski definition) is 4. The van der Waals surface area contributed by atoms with Crippen LogP contribution in [0.3, 0.4) is 0 Å². The van der Waals surface area contributed by atoms with Crippen molar-refractivity contribution in [3.05, 3.63) is 77.9 Å². The zero-order valence-corrected chi connectivity index (χ0v) is 21.8. The third-order valence-corrected chi connectivity index (χ3v) is 7.93. The molecule has 38 heavy (non-hydrogen) atoms. The van der Waals surface area contributed by atoms with E-state index in [4.69, 9.17) is 4.18 Å². The smallest absolute Gasteiger partial charge is 0.335 e. The Morgan fingerprint density at radius 2 is 2.11 bits per heavy atom. The average molecular weight is 563 g/mol. The van der Waals surface area contributed by atoms with Crippen molar-refractivity contribution in [1.82, 2.24) is 24.5 Å². The van der Waals surface area contributed by atoms with Gasteiger partial charge in [0.2, 0.25) is 5.78 Å². The van der Waals surface area contributed by atoms with Crippen LogP contribution in [0.4, 0.5) is 5.82 Å². The predicted octanol–water partition coefficient (Wildman–Crippen LogP) is -0.0411. The summed E-state index contributed by atoms with van der Waals surface area (Å²) in [4.78, 5) is 21.9. The van der Waals surface area contributed by atoms with Gasteiger partial charge in [0.15, 0.2) is 0 Å². The van der Waals surface area contributed by atoms with Crippen LogP contribution in [0.5, 0.6) is 0 Å². The zero-order valence-electron chi connectivity index (χ0n) is 20.2. The standard InChI is InChI=1S/C23H26N6O7S2/c1-3-37(33)15-6-4-5-14(9-15)12-29-8-7-17(28-29)20(30)16-11-25-13-26-23(16)27-18-10-19(22(32)21(18)31)36-38(34,35)24-2/h3-9,11,13,18-19,21-22,24,31-32H,1,10,12H2,2H3,(H,25,26,27)/t18-,19-,21+,22+,37-/m1/s1. The lowest BCUT2D eigenvalue weighted by atomic mass is 10.1. The Morgan fingerprint density at radius 3 is 2.84 bits per heavy atom. The summed E-state index contributed by atoms with van der Waals surface area (Å²) in [6.07, 6.45) is -0.0470. The summed E-state index contributed by atoms with van der Waals surface area (Å²) in [5.41, 5.74) is 1.01. The van der Waals surface area contributed by atoms with E-state index in [1.54, 1.807) is 29.1 Å². The minimum Gasteiger partial charge on any atom is -0.388 e. The third kappa shape index (κ3) is 6.20. The van der Waals surface area contributed by atoms with E-state index in [1.807, 2.05) is 10.8 Å². The summed E-state index contributed by atoms with van der Waals surface area (Å²) in [6, 6.07) is 7.80. The number of ketones is 1. The van der Waals surface area contributed by atoms with Crippen molar-refractivity contribution in [2.24, 2.45) is 0 Å². The molecule has 0 bridgehead atoms. The molecule has 1 aliphatic carbocycles. The lowest BCUT2D eigenvalue weighted by molar-refractivity contribution is -0.00882. The molecule has 202 valence electrons. The number of anilines is 1. The number of aliphatic hydroxyl groups excluding tert-OH is 2. The van der Waals surface area contributed by atoms with Gasteiger partial charge in [0.05, 0.1) is 28.9 Å². The fourth-order valence-electron chi connectivity index (χ4n) is 3.99. The number of nitrogens with zero attached hydrogens (tertiary/aromatic N) is 4. The van der Waals surface area contributed by atoms with Crippen molar-refractivity contribution in [3.8, 4) is 0 Å². The van der Waals surface area contributed by atoms with Gasteiger partial charge in [-0.05, 0) is 23.8 Å². The highest BCUT2D eigenvalue weighted by atomic mass is 32.2. The summed E-state index contributed by atoms with van der Waals surface area (Å²) >= 11 is 0. The first-order chi connectivity index (χ1) is 18.1. The molecule has 1 aliphatic rings. The van der Waals surface area contributed by atoms with E-state index in [1.165, 1.54) is 24.0 Å². The molecule has 3 aromatic rings. The van der Waals surface area contributed by atoms with Gasteiger partial charge in [-0.2, -0.15) is 18.2 Å². The van der Waals surface area contributed by atoms with Gasteiger partial charge >= 0.3 is 10.3 Å². The van der Waals surface area contributed by atoms with Gasteiger partial charge in [0.1, 0.15) is 36.2 Å². The summed E-state index contributed by atoms with van der Waals surface area (Å²) in [6.45, 7) is 3.87. The van der Waals surface area contributed by atoms with Gasteiger partial charge in [0.25, 0.3) is 0 Å². The van der Waals surface area contributed by atoms with E-state index in [0.29, 0.717) is 11.4 Å². The number of nitrogens with one attached hydrogen (secondary N) is 2. The van der Waals surface area contributed by atoms with Gasteiger partial charge in [-0.1, -0.05) is 18.7 Å². The second-order valence-electron chi connectivity index (χ2n) is 8.38. The lowest BCUT2D eigenvalue weighted by Gasteiger charge is -2.19. The number of carbonyl (C=O) groups excluding carboxylic acids is 1. The highest BCUT2D eigenvalue weighted by Crippen LogP contribution is 2.28. The van der Waals surface area contributed by atoms with Crippen molar-refractivity contribution in [2.75, 3.05) is 12.4 Å². The molecular formula is C23H26N6O7S2. The van der Waals surface area contributed by atoms with E-state index in [-0.39, 0.29) is 23.5 Å². The van der Waals surface area contributed by atoms with Gasteiger partial charge in [-0.3, -0.25) is 13.7 Å². The second-order valence-corrected chi connectivity index (χ2v) is 11.3. The third-order valence-electron chi connectivity index (χ3n) is 5.91. The molecule has 5 atom stereocenters. The molecule has 0 spiro atoms. The van der Waals surface area contributed by atoms with E-state index >= 15 is 0 Å². The van der Waals surface area contributed by atoms with Gasteiger partial charge in [0, 0.05) is 36.2 Å². The summed E-state index contributed by atoms with van der Waals surface area (Å²) in [7, 11) is -4.26. The zero-order chi connectivity index (χ0) is 27.4. The molecular weight excluding hydrogens is 536 g/mol. The first-order valence-electron chi connectivity index (χ1n) is 11.4. The average Bonchev–Trinajstić information content (AvgIpc) is 3.48. The maximum Gasteiger partial charge on any atom is 0.335 e. The molecule has 0 unspecified atom stereocenters. The monoisotopic (exact) mass is 562 g/mol. The Morgan fingerprint density at radius 1 is 1.32 bits per heavy atom. The lowest BCUT2D eigenvalue weighted by Crippen LogP contribution is -2.38. The molecule has 0 aliphatic heterocycles. The van der Waals surface area contributed by atoms with Gasteiger partial charge in [-0.25, -0.2) is 14.2 Å². The Balaban J connectivity index is 1.49. The van der Waals surface area contributed by atoms with Crippen LogP contribution in [-0.4, -0.2) is 79.8 Å². The molecule has 15 heteroatoms. The van der Waals surface area contributed by atoms with Crippen LogP contribution >= 0.6 is 0 Å². The van der Waals surface area contributed by atoms with E-state index < -0.39 is 51.2 Å². The summed E-state index contributed by atoms with van der Waals surface area (Å²) in [5.74, 6) is -0.417. The topological polar surface area (TPSA) is 186 Å². The predicted molar refractivity (Wildman–Crippen MR) is 137 cm³/mol. The van der Waals surface area contributed by atoms with Crippen LogP contribution in [0.25, 0.3) is 0 Å². The van der Waals surface area contributed by atoms with Gasteiger partial charge < -0.3 is 15.5 Å². The fourth-order valence-corrected chi connectivity index (χ4v) is 5.27. The van der Waals surface area contributed by atoms with Gasteiger partial charge in [-0.15, -0.1) is 0 Å². The van der Waals surface area contributed by atoms with Crippen molar-refractivity contribution < 1.29 is 31.8 Å². The Labute approximate surface area is 221 Å². The van der Waals surface area contributed by atoms with Crippen LogP contribution in [0, 0.1) is 0 Å². The number of hydrogen-bond acceptors (Lipinski definition) is 11. The van der Waals surface area contributed by atoms with Crippen LogP contribution in [0.1, 0.15) is 28.0 Å². The fraction of sp³-hybridized carbons (Fsp3) is 0.304. The normalized spacial score (nSPS) is 22.2. The minimum absolute atomic E-state index is 0.0648. The van der Waals surface area contributed by atoms with Crippen molar-refractivity contribution in [1.29, 1.82) is 0 Å².